The number of anilines is 1. The van der Waals surface area contributed by atoms with Gasteiger partial charge in [0.2, 0.25) is 17.5 Å². The molecule has 8 rings (SSSR count). The number of para-hydroxylation sites is 2. The van der Waals surface area contributed by atoms with E-state index in [1.54, 1.807) is 0 Å². The first-order chi connectivity index (χ1) is 43.9. The lowest BCUT2D eigenvalue weighted by molar-refractivity contribution is -0.436. The number of carbonyl (C=O) groups is 2. The normalized spacial score (nSPS) is 15.2. The molecule has 0 saturated carbocycles. The maximum absolute atomic E-state index is 13.8. The summed E-state index contributed by atoms with van der Waals surface area (Å²) in [6, 6.07) is 40.3. The van der Waals surface area contributed by atoms with Crippen molar-refractivity contribution in [3.05, 3.63) is 212 Å². The van der Waals surface area contributed by atoms with Crippen molar-refractivity contribution in [1.82, 2.24) is 20.3 Å². The molecule has 0 saturated heterocycles. The van der Waals surface area contributed by atoms with E-state index >= 15 is 0 Å². The number of amides is 2. The van der Waals surface area contributed by atoms with E-state index in [-0.39, 0.29) is 71.0 Å². The lowest BCUT2D eigenvalue weighted by Gasteiger charge is -2.27. The highest BCUT2D eigenvalue weighted by atomic mass is 32.2. The van der Waals surface area contributed by atoms with Crippen LogP contribution in [0.4, 0.5) is 11.4 Å². The van der Waals surface area contributed by atoms with Crippen molar-refractivity contribution >= 4 is 61.4 Å². The Balaban J connectivity index is 0.859. The van der Waals surface area contributed by atoms with Crippen LogP contribution in [0.1, 0.15) is 226 Å². The molecule has 0 bridgehead atoms. The molecule has 0 fully saturated rings. The smallest absolute Gasteiger partial charge is 0.277 e. The van der Waals surface area contributed by atoms with Crippen LogP contribution in [0, 0.1) is 0 Å². The molecule has 0 aliphatic carbocycles. The quantitative estimate of drug-likeness (QED) is 0.0214. The molecule has 14 nitrogen and oxygen atoms in total. The van der Waals surface area contributed by atoms with Gasteiger partial charge in [-0.05, 0) is 136 Å². The minimum Gasteiger partial charge on any atom is -0.356 e. The van der Waals surface area contributed by atoms with E-state index < -0.39 is 20.0 Å². The molecule has 2 aliphatic heterocycles. The van der Waals surface area contributed by atoms with Gasteiger partial charge in [-0.1, -0.05) is 212 Å². The summed E-state index contributed by atoms with van der Waals surface area (Å²) in [6.45, 7) is 35.4. The summed E-state index contributed by atoms with van der Waals surface area (Å²) in [5.41, 5.74) is 14.9. The van der Waals surface area contributed by atoms with Crippen LogP contribution in [0.3, 0.4) is 0 Å². The Bertz CT molecular complexity index is 4020. The van der Waals surface area contributed by atoms with Crippen LogP contribution in [-0.4, -0.2) is 77.5 Å². The van der Waals surface area contributed by atoms with Crippen LogP contribution in [0.15, 0.2) is 165 Å². The molecule has 2 heterocycles. The van der Waals surface area contributed by atoms with Gasteiger partial charge in [-0.3, -0.25) is 9.59 Å². The average Bonchev–Trinajstić information content (AvgIpc) is 1.72. The number of benzene rings is 6. The van der Waals surface area contributed by atoms with Gasteiger partial charge in [0.25, 0.3) is 20.0 Å². The Morgan fingerprint density at radius 3 is 1.39 bits per heavy atom. The van der Waals surface area contributed by atoms with E-state index in [9.17, 15) is 26.4 Å². The van der Waals surface area contributed by atoms with E-state index in [1.807, 2.05) is 140 Å². The number of carbonyl (C=O) groups excluding carboxylic acids is 2. The molecule has 0 atom stereocenters. The molecule has 494 valence electrons. The van der Waals surface area contributed by atoms with Crippen LogP contribution >= 0.6 is 0 Å². The van der Waals surface area contributed by atoms with Crippen LogP contribution in [-0.2, 0) is 53.3 Å². The van der Waals surface area contributed by atoms with Crippen molar-refractivity contribution in [3.63, 3.8) is 0 Å². The van der Waals surface area contributed by atoms with E-state index in [0.29, 0.717) is 48.8 Å². The van der Waals surface area contributed by atoms with Gasteiger partial charge in [0, 0.05) is 60.6 Å². The minimum absolute atomic E-state index is 0.00487. The fourth-order valence-corrected chi connectivity index (χ4v) is 15.6. The summed E-state index contributed by atoms with van der Waals surface area (Å²) in [7, 11) is -7.90. The molecule has 0 radical (unpaired) electrons. The number of sulfonamides is 2. The second kappa shape index (κ2) is 30.0. The maximum atomic E-state index is 13.8. The summed E-state index contributed by atoms with van der Waals surface area (Å²) >= 11 is 0. The summed E-state index contributed by atoms with van der Waals surface area (Å²) < 4.78 is 57.6. The lowest BCUT2D eigenvalue weighted by atomic mass is 9.81. The van der Waals surface area contributed by atoms with Gasteiger partial charge in [0.1, 0.15) is 0 Å². The van der Waals surface area contributed by atoms with E-state index in [4.69, 9.17) is 0 Å². The largest absolute Gasteiger partial charge is 0.356 e. The Morgan fingerprint density at radius 1 is 0.527 bits per heavy atom. The first-order valence-electron chi connectivity index (χ1n) is 33.1. The zero-order chi connectivity index (χ0) is 67.7. The molecule has 16 heteroatoms. The van der Waals surface area contributed by atoms with Crippen molar-refractivity contribution in [2.75, 3.05) is 31.1 Å². The first-order valence-corrected chi connectivity index (χ1v) is 36.1. The third-order valence-corrected chi connectivity index (χ3v) is 20.8. The highest BCUT2D eigenvalue weighted by molar-refractivity contribution is 7.89. The highest BCUT2D eigenvalue weighted by Crippen LogP contribution is 2.48. The molecule has 0 spiro atoms. The molecule has 0 aromatic heterocycles. The SMILES string of the molecule is CC(C)c1cc(C(C)C)c(S(=O)(=O)N/N=C/c2ccc(CCNC(=O)CCN3C(=CC=CC4=[N+](CCC(=O)NCCc5ccc(/C=N/NS(=O)(=O)c6c(C(C)C)cc(C(C)C)cc6C(C)C)cc5)c5ccccc5C4(C)C)C(C)(C)c4ccccc43)cc2)c(C(C)C)c1. The number of nitrogens with one attached hydrogen (secondary N) is 4. The molecule has 6 aromatic carbocycles. The van der Waals surface area contributed by atoms with Crippen molar-refractivity contribution in [1.29, 1.82) is 0 Å². The fourth-order valence-electron chi connectivity index (χ4n) is 12.7. The molecular formula is C77H99N8O6S2+. The zero-order valence-electron chi connectivity index (χ0n) is 57.6. The summed E-state index contributed by atoms with van der Waals surface area (Å²) in [5.74, 6) is 0.455. The Labute approximate surface area is 555 Å². The maximum Gasteiger partial charge on any atom is 0.277 e. The molecule has 93 heavy (non-hydrogen) atoms. The number of hydrogen-bond acceptors (Lipinski definition) is 9. The molecule has 2 aliphatic rings. The van der Waals surface area contributed by atoms with E-state index in [0.717, 1.165) is 78.4 Å². The Kier molecular flexibility index (Phi) is 22.9. The van der Waals surface area contributed by atoms with Gasteiger partial charge < -0.3 is 15.5 Å². The molecule has 0 unspecified atom stereocenters. The average molecular weight is 1300 g/mol. The Morgan fingerprint density at radius 2 is 0.946 bits per heavy atom. The summed E-state index contributed by atoms with van der Waals surface area (Å²) in [5, 5.41) is 14.6. The van der Waals surface area contributed by atoms with Gasteiger partial charge >= 0.3 is 0 Å². The van der Waals surface area contributed by atoms with Gasteiger partial charge in [0.15, 0.2) is 12.3 Å². The van der Waals surface area contributed by atoms with Crippen LogP contribution in [0.2, 0.25) is 0 Å². The number of allylic oxidation sites excluding steroid dienone is 4. The van der Waals surface area contributed by atoms with Crippen LogP contribution in [0.5, 0.6) is 0 Å². The van der Waals surface area contributed by atoms with Crippen molar-refractivity contribution in [3.8, 4) is 0 Å². The molecular weight excluding hydrogens is 1200 g/mol. The monoisotopic (exact) mass is 1300 g/mol. The lowest BCUT2D eigenvalue weighted by Crippen LogP contribution is -2.32. The third-order valence-electron chi connectivity index (χ3n) is 18.1. The number of hydrazone groups is 2. The van der Waals surface area contributed by atoms with Crippen molar-refractivity contribution in [2.45, 2.75) is 193 Å². The Hall–Kier alpha value is -7.95. The number of rotatable bonds is 28. The standard InChI is InChI=1S/C77H98N8O6S2/c1-50(2)60-44-62(52(5)6)74(63(45-60)53(7)8)92(88,89)82-80-48-58-32-28-56(29-33-58)36-40-78-72(86)38-42-84-68-24-19-17-22-66(68)76(13,14)70(84)26-21-27-71-77(15,16)67-23-18-20-25-69(67)85(71)43-39-73(87)79-41-37-57-30-34-59(35-31-57)49-81-83-93(90,91)75-64(54(9)10)46-61(51(3)4)47-65(75)55(11)12/h17-35,44-55,82-83H,36-43H2,1-16H3,(H-,78,79,86,87)/p+1/b80-48+,81-49+. The minimum atomic E-state index is -3.95. The zero-order valence-corrected chi connectivity index (χ0v) is 59.2. The van der Waals surface area contributed by atoms with Crippen LogP contribution < -0.4 is 25.2 Å². The molecule has 4 N–H and O–H groups in total. The second-order valence-corrected chi connectivity index (χ2v) is 31.0. The second-order valence-electron chi connectivity index (χ2n) is 27.8. The highest BCUT2D eigenvalue weighted by Gasteiger charge is 2.45. The molecule has 2 amide bonds. The fraction of sp³-hybridized carbons (Fsp3) is 0.416. The first kappa shape index (κ1) is 70.9. The summed E-state index contributed by atoms with van der Waals surface area (Å²) in [4.78, 5) is 35.0. The summed E-state index contributed by atoms with van der Waals surface area (Å²) in [6.07, 6.45) is 11.3. The van der Waals surface area contributed by atoms with Crippen molar-refractivity contribution in [2.24, 2.45) is 10.2 Å². The van der Waals surface area contributed by atoms with Gasteiger partial charge in [-0.25, -0.2) is 9.66 Å². The van der Waals surface area contributed by atoms with Crippen molar-refractivity contribution < 1.29 is 31.0 Å². The van der Waals surface area contributed by atoms with E-state index in [1.165, 1.54) is 23.6 Å². The number of hydrogen-bond donors (Lipinski definition) is 4. The number of nitrogens with zero attached hydrogens (tertiary/aromatic N) is 4. The topological polar surface area (TPSA) is 182 Å². The van der Waals surface area contributed by atoms with Gasteiger partial charge in [-0.2, -0.15) is 31.6 Å². The number of fused-ring (bicyclic) bond motifs is 2. The van der Waals surface area contributed by atoms with Gasteiger partial charge in [0.05, 0.1) is 34.1 Å². The van der Waals surface area contributed by atoms with Gasteiger partial charge in [-0.15, -0.1) is 0 Å². The third kappa shape index (κ3) is 16.7. The molecule has 6 aromatic rings. The predicted octanol–water partition coefficient (Wildman–Crippen LogP) is 15.2. The van der Waals surface area contributed by atoms with E-state index in [2.05, 4.69) is 150 Å². The van der Waals surface area contributed by atoms with Crippen LogP contribution in [0.25, 0.3) is 0 Å². The predicted molar refractivity (Wildman–Crippen MR) is 382 cm³/mol.